The van der Waals surface area contributed by atoms with Crippen molar-refractivity contribution in [3.63, 3.8) is 0 Å². The number of nitro benzene ring substituents is 1. The lowest BCUT2D eigenvalue weighted by atomic mass is 10.1. The number of non-ortho nitro benzene ring substituents is 1. The largest absolute Gasteiger partial charge is 0.360 e. The van der Waals surface area contributed by atoms with E-state index in [2.05, 4.69) is 5.32 Å². The van der Waals surface area contributed by atoms with E-state index >= 15 is 0 Å². The zero-order valence-electron chi connectivity index (χ0n) is 16.1. The minimum atomic E-state index is -4.14. The number of nitrogens with one attached hydrogen (secondary N) is 1. The lowest BCUT2D eigenvalue weighted by Gasteiger charge is -2.31. The number of anilines is 2. The van der Waals surface area contributed by atoms with Crippen molar-refractivity contribution < 1.29 is 18.1 Å². The van der Waals surface area contributed by atoms with Crippen LogP contribution in [0.15, 0.2) is 90.0 Å². The molecule has 0 fully saturated rings. The van der Waals surface area contributed by atoms with E-state index < -0.39 is 25.6 Å². The number of fused-ring (bicyclic) bond motifs is 1. The number of sulfonamides is 1. The van der Waals surface area contributed by atoms with Gasteiger partial charge in [0.25, 0.3) is 15.7 Å². The average molecular weight is 435 g/mol. The normalized spacial score (nSPS) is 16.1. The number of carbonyl (C=O) groups is 1. The molecular weight excluding hydrogens is 418 g/mol. The molecular formula is C22H17N3O5S. The molecule has 0 unspecified atom stereocenters. The van der Waals surface area contributed by atoms with Crippen LogP contribution < -0.4 is 9.62 Å². The van der Waals surface area contributed by atoms with Gasteiger partial charge < -0.3 is 5.32 Å². The molecule has 0 aliphatic carbocycles. The standard InChI is InChI=1S/C22H17N3O5S/c26-22-19-8-4-5-9-20(19)24(15-16-6-2-1-3-7-16)31(29,30)21(22)14-23-17-10-12-18(13-11-17)25(27)28/h1-14,23H,15H2/b21-14+. The average Bonchev–Trinajstić information content (AvgIpc) is 2.77. The van der Waals surface area contributed by atoms with Gasteiger partial charge in [0.1, 0.15) is 0 Å². The minimum absolute atomic E-state index is 0.0718. The van der Waals surface area contributed by atoms with Crippen LogP contribution in [0, 0.1) is 10.1 Å². The predicted octanol–water partition coefficient (Wildman–Crippen LogP) is 4.08. The summed E-state index contributed by atoms with van der Waals surface area (Å²) in [5, 5.41) is 13.6. The SMILES string of the molecule is O=C1/C(=C\Nc2ccc([N+](=O)[O-])cc2)S(=O)(=O)N(Cc2ccccc2)c2ccccc21. The molecule has 0 amide bonds. The van der Waals surface area contributed by atoms with Crippen LogP contribution >= 0.6 is 0 Å². The zero-order chi connectivity index (χ0) is 22.0. The zero-order valence-corrected chi connectivity index (χ0v) is 17.0. The van der Waals surface area contributed by atoms with Gasteiger partial charge in [0.05, 0.1) is 17.2 Å². The second-order valence-electron chi connectivity index (χ2n) is 6.80. The summed E-state index contributed by atoms with van der Waals surface area (Å²) in [5.74, 6) is -0.616. The van der Waals surface area contributed by atoms with E-state index in [9.17, 15) is 23.3 Å². The molecule has 0 radical (unpaired) electrons. The van der Waals surface area contributed by atoms with E-state index in [0.29, 0.717) is 11.4 Å². The third-order valence-corrected chi connectivity index (χ3v) is 6.59. The first kappa shape index (κ1) is 20.3. The molecule has 1 aliphatic rings. The summed E-state index contributed by atoms with van der Waals surface area (Å²) in [5.41, 5.74) is 1.70. The van der Waals surface area contributed by atoms with Crippen molar-refractivity contribution in [2.45, 2.75) is 6.54 Å². The van der Waals surface area contributed by atoms with Crippen molar-refractivity contribution in [2.75, 3.05) is 9.62 Å². The molecule has 1 aliphatic heterocycles. The van der Waals surface area contributed by atoms with Gasteiger partial charge in [0, 0.05) is 29.6 Å². The number of allylic oxidation sites excluding steroid dienone is 1. The Morgan fingerprint density at radius 1 is 0.935 bits per heavy atom. The lowest BCUT2D eigenvalue weighted by molar-refractivity contribution is -0.384. The van der Waals surface area contributed by atoms with Crippen molar-refractivity contribution in [1.29, 1.82) is 0 Å². The van der Waals surface area contributed by atoms with Gasteiger partial charge >= 0.3 is 0 Å². The molecule has 31 heavy (non-hydrogen) atoms. The molecule has 3 aromatic rings. The molecule has 0 aromatic heterocycles. The highest BCUT2D eigenvalue weighted by molar-refractivity contribution is 7.97. The molecule has 9 heteroatoms. The van der Waals surface area contributed by atoms with Crippen LogP contribution in [0.1, 0.15) is 15.9 Å². The molecule has 4 rings (SSSR count). The summed E-state index contributed by atoms with van der Waals surface area (Å²) in [4.78, 5) is 22.8. The quantitative estimate of drug-likeness (QED) is 0.367. The fraction of sp³-hybridized carbons (Fsp3) is 0.0455. The van der Waals surface area contributed by atoms with Crippen LogP contribution in [-0.2, 0) is 16.6 Å². The Morgan fingerprint density at radius 2 is 1.58 bits per heavy atom. The molecule has 0 spiro atoms. The third kappa shape index (κ3) is 3.90. The van der Waals surface area contributed by atoms with E-state index in [1.807, 2.05) is 30.3 Å². The van der Waals surface area contributed by atoms with Gasteiger partial charge in [-0.05, 0) is 29.8 Å². The Morgan fingerprint density at radius 3 is 2.26 bits per heavy atom. The Balaban J connectivity index is 1.73. The summed E-state index contributed by atoms with van der Waals surface area (Å²) in [6.07, 6.45) is 1.13. The highest BCUT2D eigenvalue weighted by Crippen LogP contribution is 2.36. The summed E-state index contributed by atoms with van der Waals surface area (Å²) >= 11 is 0. The van der Waals surface area contributed by atoms with E-state index in [1.165, 1.54) is 28.6 Å². The summed E-state index contributed by atoms with van der Waals surface area (Å²) in [7, 11) is -4.14. The van der Waals surface area contributed by atoms with E-state index in [1.54, 1.807) is 24.3 Å². The van der Waals surface area contributed by atoms with E-state index in [0.717, 1.165) is 11.8 Å². The predicted molar refractivity (Wildman–Crippen MR) is 117 cm³/mol. The van der Waals surface area contributed by atoms with Crippen LogP contribution in [0.3, 0.4) is 0 Å². The molecule has 0 saturated carbocycles. The highest BCUT2D eigenvalue weighted by Gasteiger charge is 2.40. The lowest BCUT2D eigenvalue weighted by Crippen LogP contribution is -2.39. The first-order valence-corrected chi connectivity index (χ1v) is 10.7. The number of ketones is 1. The van der Waals surface area contributed by atoms with Gasteiger partial charge in [-0.3, -0.25) is 19.2 Å². The maximum atomic E-state index is 13.4. The molecule has 0 atom stereocenters. The Kier molecular flexibility index (Phi) is 5.26. The Labute approximate surface area is 178 Å². The molecule has 156 valence electrons. The van der Waals surface area contributed by atoms with E-state index in [4.69, 9.17) is 0 Å². The Bertz CT molecular complexity index is 1290. The van der Waals surface area contributed by atoms with Gasteiger partial charge in [-0.1, -0.05) is 42.5 Å². The van der Waals surface area contributed by atoms with E-state index in [-0.39, 0.29) is 17.8 Å². The summed E-state index contributed by atoms with van der Waals surface area (Å²) in [6, 6.07) is 21.1. The highest BCUT2D eigenvalue weighted by atomic mass is 32.2. The second-order valence-corrected chi connectivity index (χ2v) is 8.63. The molecule has 3 aromatic carbocycles. The summed E-state index contributed by atoms with van der Waals surface area (Å²) < 4.78 is 27.9. The molecule has 1 N–H and O–H groups in total. The van der Waals surface area contributed by atoms with Crippen molar-refractivity contribution in [3.05, 3.63) is 111 Å². The Hall–Kier alpha value is -3.98. The minimum Gasteiger partial charge on any atom is -0.360 e. The number of benzene rings is 3. The molecule has 1 heterocycles. The van der Waals surface area contributed by atoms with Crippen LogP contribution in [0.25, 0.3) is 0 Å². The number of rotatable bonds is 5. The number of hydrogen-bond donors (Lipinski definition) is 1. The number of para-hydroxylation sites is 1. The number of carbonyl (C=O) groups excluding carboxylic acids is 1. The van der Waals surface area contributed by atoms with Crippen molar-refractivity contribution >= 4 is 32.9 Å². The van der Waals surface area contributed by atoms with Crippen molar-refractivity contribution in [1.82, 2.24) is 0 Å². The number of nitro groups is 1. The fourth-order valence-corrected chi connectivity index (χ4v) is 4.80. The van der Waals surface area contributed by atoms with Gasteiger partial charge in [-0.15, -0.1) is 0 Å². The number of hydrogen-bond acceptors (Lipinski definition) is 6. The van der Waals surface area contributed by atoms with Crippen LogP contribution in [0.2, 0.25) is 0 Å². The van der Waals surface area contributed by atoms with Gasteiger partial charge in [-0.25, -0.2) is 8.42 Å². The smallest absolute Gasteiger partial charge is 0.270 e. The third-order valence-electron chi connectivity index (χ3n) is 4.83. The molecule has 8 nitrogen and oxygen atoms in total. The topological polar surface area (TPSA) is 110 Å². The van der Waals surface area contributed by atoms with Gasteiger partial charge in [-0.2, -0.15) is 0 Å². The maximum Gasteiger partial charge on any atom is 0.270 e. The van der Waals surface area contributed by atoms with Crippen molar-refractivity contribution in [3.8, 4) is 0 Å². The van der Waals surface area contributed by atoms with Crippen LogP contribution in [0.5, 0.6) is 0 Å². The second kappa shape index (κ2) is 8.04. The van der Waals surface area contributed by atoms with Gasteiger partial charge in [0.15, 0.2) is 4.91 Å². The van der Waals surface area contributed by atoms with Crippen LogP contribution in [0.4, 0.5) is 17.1 Å². The van der Waals surface area contributed by atoms with Gasteiger partial charge in [0.2, 0.25) is 5.78 Å². The maximum absolute atomic E-state index is 13.4. The first-order chi connectivity index (χ1) is 14.9. The monoisotopic (exact) mass is 435 g/mol. The first-order valence-electron chi connectivity index (χ1n) is 9.29. The molecule has 0 bridgehead atoms. The number of nitrogens with zero attached hydrogens (tertiary/aromatic N) is 2. The molecule has 0 saturated heterocycles. The summed E-state index contributed by atoms with van der Waals surface area (Å²) in [6.45, 7) is 0.0718. The number of Topliss-reactive ketones (excluding diaryl/α,β-unsaturated/α-hetero) is 1. The fourth-order valence-electron chi connectivity index (χ4n) is 3.27. The van der Waals surface area contributed by atoms with Crippen molar-refractivity contribution in [2.24, 2.45) is 0 Å². The van der Waals surface area contributed by atoms with Crippen LogP contribution in [-0.4, -0.2) is 19.1 Å².